The van der Waals surface area contributed by atoms with Crippen LogP contribution in [0.3, 0.4) is 0 Å². The standard InChI is InChI=1S/C17H20O4S2/c1-14(16-9-5-3-6-10-16)22(18,19)13-23(20,21)15(2)17-11-7-4-8-12-17/h3-12,14-15H,13H2,1-2H3. The molecule has 0 aromatic heterocycles. The van der Waals surface area contributed by atoms with Gasteiger partial charge in [0.2, 0.25) is 0 Å². The van der Waals surface area contributed by atoms with E-state index >= 15 is 0 Å². The van der Waals surface area contributed by atoms with E-state index in [2.05, 4.69) is 0 Å². The Morgan fingerprint density at radius 1 is 0.652 bits per heavy atom. The molecule has 2 aromatic rings. The maximum atomic E-state index is 12.5. The van der Waals surface area contributed by atoms with Crippen molar-refractivity contribution < 1.29 is 16.8 Å². The van der Waals surface area contributed by atoms with Crippen molar-refractivity contribution in [1.82, 2.24) is 0 Å². The molecular weight excluding hydrogens is 332 g/mol. The Balaban J connectivity index is 2.26. The Hall–Kier alpha value is -1.66. The summed E-state index contributed by atoms with van der Waals surface area (Å²) in [4.78, 5) is 0. The van der Waals surface area contributed by atoms with Crippen LogP contribution in [0.1, 0.15) is 35.5 Å². The van der Waals surface area contributed by atoms with Gasteiger partial charge in [-0.3, -0.25) is 0 Å². The third-order valence-electron chi connectivity index (χ3n) is 3.94. The van der Waals surface area contributed by atoms with E-state index in [0.717, 1.165) is 0 Å². The predicted molar refractivity (Wildman–Crippen MR) is 92.4 cm³/mol. The molecule has 0 aliphatic rings. The molecule has 2 rings (SSSR count). The van der Waals surface area contributed by atoms with E-state index in [1.807, 2.05) is 0 Å². The molecule has 0 heterocycles. The summed E-state index contributed by atoms with van der Waals surface area (Å²) in [6.07, 6.45) is 0. The van der Waals surface area contributed by atoms with E-state index < -0.39 is 35.3 Å². The zero-order valence-corrected chi connectivity index (χ0v) is 14.7. The van der Waals surface area contributed by atoms with Gasteiger partial charge in [-0.15, -0.1) is 0 Å². The van der Waals surface area contributed by atoms with E-state index in [1.54, 1.807) is 60.7 Å². The summed E-state index contributed by atoms with van der Waals surface area (Å²) >= 11 is 0. The highest BCUT2D eigenvalue weighted by Gasteiger charge is 2.33. The van der Waals surface area contributed by atoms with Crippen molar-refractivity contribution in [2.45, 2.75) is 24.3 Å². The molecular formula is C17H20O4S2. The Morgan fingerprint density at radius 2 is 0.957 bits per heavy atom. The highest BCUT2D eigenvalue weighted by molar-refractivity contribution is 8.08. The van der Waals surface area contributed by atoms with Gasteiger partial charge in [-0.2, -0.15) is 0 Å². The molecule has 0 fully saturated rings. The maximum absolute atomic E-state index is 12.5. The third-order valence-corrected chi connectivity index (χ3v) is 9.27. The van der Waals surface area contributed by atoms with Crippen LogP contribution < -0.4 is 0 Å². The third kappa shape index (κ3) is 4.20. The Labute approximate surface area is 138 Å². The molecule has 0 aliphatic heterocycles. The van der Waals surface area contributed by atoms with Gasteiger partial charge in [-0.25, -0.2) is 16.8 Å². The van der Waals surface area contributed by atoms with Crippen molar-refractivity contribution in [3.8, 4) is 0 Å². The lowest BCUT2D eigenvalue weighted by molar-refractivity contribution is 0.578. The molecule has 2 aromatic carbocycles. The highest BCUT2D eigenvalue weighted by Crippen LogP contribution is 2.28. The molecule has 2 atom stereocenters. The van der Waals surface area contributed by atoms with Crippen molar-refractivity contribution in [2.75, 3.05) is 5.08 Å². The fraction of sp³-hybridized carbons (Fsp3) is 0.294. The van der Waals surface area contributed by atoms with Gasteiger partial charge in [0.05, 0.1) is 10.5 Å². The van der Waals surface area contributed by atoms with Crippen molar-refractivity contribution in [2.24, 2.45) is 0 Å². The lowest BCUT2D eigenvalue weighted by atomic mass is 10.2. The molecule has 4 nitrogen and oxygen atoms in total. The molecule has 6 heteroatoms. The van der Waals surface area contributed by atoms with Gasteiger partial charge in [0.25, 0.3) is 0 Å². The lowest BCUT2D eigenvalue weighted by Gasteiger charge is -2.17. The van der Waals surface area contributed by atoms with Crippen LogP contribution in [-0.2, 0) is 19.7 Å². The summed E-state index contributed by atoms with van der Waals surface area (Å²) in [6, 6.07) is 17.3. The fourth-order valence-electron chi connectivity index (χ4n) is 2.30. The van der Waals surface area contributed by atoms with Gasteiger partial charge >= 0.3 is 0 Å². The first kappa shape index (κ1) is 17.7. The maximum Gasteiger partial charge on any atom is 0.171 e. The van der Waals surface area contributed by atoms with Gasteiger partial charge in [0.1, 0.15) is 0 Å². The molecule has 0 spiro atoms. The van der Waals surface area contributed by atoms with Crippen LogP contribution in [0, 0.1) is 0 Å². The smallest absolute Gasteiger partial charge is 0.171 e. The normalized spacial score (nSPS) is 15.0. The van der Waals surface area contributed by atoms with E-state index in [-0.39, 0.29) is 0 Å². The van der Waals surface area contributed by atoms with Crippen molar-refractivity contribution in [3.63, 3.8) is 0 Å². The van der Waals surface area contributed by atoms with Crippen LogP contribution in [0.4, 0.5) is 0 Å². The van der Waals surface area contributed by atoms with Gasteiger partial charge in [0, 0.05) is 0 Å². The molecule has 0 saturated heterocycles. The first-order valence-corrected chi connectivity index (χ1v) is 10.7. The highest BCUT2D eigenvalue weighted by atomic mass is 32.3. The van der Waals surface area contributed by atoms with Crippen LogP contribution >= 0.6 is 0 Å². The average molecular weight is 352 g/mol. The average Bonchev–Trinajstić information content (AvgIpc) is 2.54. The van der Waals surface area contributed by atoms with Crippen LogP contribution in [0.5, 0.6) is 0 Å². The van der Waals surface area contributed by atoms with E-state index in [4.69, 9.17) is 0 Å². The van der Waals surface area contributed by atoms with Crippen molar-refractivity contribution in [1.29, 1.82) is 0 Å². The molecule has 0 radical (unpaired) electrons. The Bertz CT molecular complexity index is 768. The number of sulfone groups is 2. The van der Waals surface area contributed by atoms with Crippen LogP contribution in [-0.4, -0.2) is 21.9 Å². The van der Waals surface area contributed by atoms with Crippen LogP contribution in [0.2, 0.25) is 0 Å². The van der Waals surface area contributed by atoms with Gasteiger partial charge in [0.15, 0.2) is 24.8 Å². The summed E-state index contributed by atoms with van der Waals surface area (Å²) < 4.78 is 50.0. The molecule has 2 unspecified atom stereocenters. The van der Waals surface area contributed by atoms with E-state index in [0.29, 0.717) is 11.1 Å². The molecule has 0 N–H and O–H groups in total. The predicted octanol–water partition coefficient (Wildman–Crippen LogP) is 3.30. The van der Waals surface area contributed by atoms with E-state index in [1.165, 1.54) is 13.8 Å². The second-order valence-corrected chi connectivity index (χ2v) is 10.6. The first-order valence-electron chi connectivity index (χ1n) is 7.27. The van der Waals surface area contributed by atoms with Gasteiger partial charge < -0.3 is 0 Å². The van der Waals surface area contributed by atoms with E-state index in [9.17, 15) is 16.8 Å². The summed E-state index contributed by atoms with van der Waals surface area (Å²) in [6.45, 7) is 3.04. The minimum Gasteiger partial charge on any atom is -0.227 e. The van der Waals surface area contributed by atoms with Gasteiger partial charge in [-0.1, -0.05) is 60.7 Å². The largest absolute Gasteiger partial charge is 0.227 e. The summed E-state index contributed by atoms with van der Waals surface area (Å²) in [5.74, 6) is 0. The Morgan fingerprint density at radius 3 is 1.26 bits per heavy atom. The molecule has 0 amide bonds. The quantitative estimate of drug-likeness (QED) is 0.800. The van der Waals surface area contributed by atoms with Crippen LogP contribution in [0.25, 0.3) is 0 Å². The zero-order chi connectivity index (χ0) is 17.1. The van der Waals surface area contributed by atoms with Crippen molar-refractivity contribution >= 4 is 19.7 Å². The first-order chi connectivity index (χ1) is 10.7. The molecule has 0 bridgehead atoms. The number of hydrogen-bond acceptors (Lipinski definition) is 4. The SMILES string of the molecule is CC(c1ccccc1)S(=O)(=O)CS(=O)(=O)C(C)c1ccccc1. The van der Waals surface area contributed by atoms with Gasteiger partial charge in [-0.05, 0) is 25.0 Å². The Kier molecular flexibility index (Phi) is 5.26. The van der Waals surface area contributed by atoms with Crippen LogP contribution in [0.15, 0.2) is 60.7 Å². The number of rotatable bonds is 6. The molecule has 0 aliphatic carbocycles. The fourth-order valence-corrected chi connectivity index (χ4v) is 6.90. The minimum atomic E-state index is -3.81. The second kappa shape index (κ2) is 6.84. The number of hydrogen-bond donors (Lipinski definition) is 0. The topological polar surface area (TPSA) is 68.3 Å². The molecule has 124 valence electrons. The zero-order valence-electron chi connectivity index (χ0n) is 13.1. The number of benzene rings is 2. The lowest BCUT2D eigenvalue weighted by Crippen LogP contribution is -2.24. The summed E-state index contributed by atoms with van der Waals surface area (Å²) in [7, 11) is -7.62. The van der Waals surface area contributed by atoms with Crippen molar-refractivity contribution in [3.05, 3.63) is 71.8 Å². The second-order valence-electron chi connectivity index (χ2n) is 5.55. The minimum absolute atomic E-state index is 0.593. The summed E-state index contributed by atoms with van der Waals surface area (Å²) in [5, 5.41) is -2.57. The monoisotopic (exact) mass is 352 g/mol. The molecule has 0 saturated carbocycles. The molecule has 23 heavy (non-hydrogen) atoms. The summed E-state index contributed by atoms with van der Waals surface area (Å²) in [5.41, 5.74) is 1.19.